The fraction of sp³-hybridized carbons (Fsp3) is 0.440. The van der Waals surface area contributed by atoms with Crippen LogP contribution >= 0.6 is 11.3 Å². The van der Waals surface area contributed by atoms with E-state index in [1.54, 1.807) is 23.5 Å². The van der Waals surface area contributed by atoms with E-state index in [0.29, 0.717) is 19.4 Å². The summed E-state index contributed by atoms with van der Waals surface area (Å²) in [4.78, 5) is 24.7. The molecule has 0 radical (unpaired) electrons. The number of nitrogens with one attached hydrogen (secondary N) is 1. The summed E-state index contributed by atoms with van der Waals surface area (Å²) < 4.78 is 1.12. The molecule has 3 rings (SSSR count). The average molecular weight is 442 g/mol. The van der Waals surface area contributed by atoms with E-state index in [0.717, 1.165) is 27.8 Å². The number of fused-ring (bicyclic) bond motifs is 1. The van der Waals surface area contributed by atoms with Gasteiger partial charge in [-0.1, -0.05) is 42.5 Å². The number of rotatable bonds is 10. The Morgan fingerprint density at radius 3 is 2.90 bits per heavy atom. The second-order valence-corrected chi connectivity index (χ2v) is 9.11. The third-order valence-electron chi connectivity index (χ3n) is 5.69. The van der Waals surface area contributed by atoms with Gasteiger partial charge in [-0.15, -0.1) is 11.3 Å². The number of aliphatic hydroxyl groups is 2. The number of aliphatic hydroxyl groups excluding tert-OH is 2. The van der Waals surface area contributed by atoms with Crippen LogP contribution in [0.5, 0.6) is 0 Å². The van der Waals surface area contributed by atoms with E-state index >= 15 is 0 Å². The first-order valence-corrected chi connectivity index (χ1v) is 11.8. The summed E-state index contributed by atoms with van der Waals surface area (Å²) in [6, 6.07) is 9.97. The molecule has 0 bridgehead atoms. The molecule has 1 heterocycles. The standard InChI is InChI=1S/C25H31NO4S/c1-2-26-25(30)12-6-4-3-5-10-18-19(22(29)16-21(18)28)13-14-20(27)24-15-17-9-7-8-11-23(17)31-24/h3,5,7-9,11,13-15,18-20,22,27,29H,2,4,6,10,12,16H2,1H3,(H,26,30)/b5-3-,14-13+/t18-,19-,20-,22-/m1/s1. The number of hydrogen-bond donors (Lipinski definition) is 3. The quantitative estimate of drug-likeness (QED) is 0.379. The first kappa shape index (κ1) is 23.4. The van der Waals surface area contributed by atoms with Crippen LogP contribution in [0.1, 0.15) is 50.0 Å². The van der Waals surface area contributed by atoms with Crippen molar-refractivity contribution in [2.24, 2.45) is 11.8 Å². The van der Waals surface area contributed by atoms with Crippen LogP contribution in [0.15, 0.2) is 54.6 Å². The van der Waals surface area contributed by atoms with Gasteiger partial charge in [0.1, 0.15) is 11.9 Å². The summed E-state index contributed by atoms with van der Waals surface area (Å²) >= 11 is 1.55. The van der Waals surface area contributed by atoms with Gasteiger partial charge in [0.15, 0.2) is 0 Å². The van der Waals surface area contributed by atoms with Crippen molar-refractivity contribution in [3.8, 4) is 0 Å². The minimum absolute atomic E-state index is 0.0606. The predicted molar refractivity (Wildman–Crippen MR) is 125 cm³/mol. The zero-order chi connectivity index (χ0) is 22.2. The van der Waals surface area contributed by atoms with Crippen molar-refractivity contribution in [3.63, 3.8) is 0 Å². The van der Waals surface area contributed by atoms with Gasteiger partial charge in [0.05, 0.1) is 6.10 Å². The summed E-state index contributed by atoms with van der Waals surface area (Å²) in [5, 5.41) is 24.8. The van der Waals surface area contributed by atoms with Crippen LogP contribution in [0.25, 0.3) is 10.1 Å². The Balaban J connectivity index is 1.55. The van der Waals surface area contributed by atoms with Gasteiger partial charge in [0, 0.05) is 40.8 Å². The first-order valence-electron chi connectivity index (χ1n) is 11.0. The van der Waals surface area contributed by atoms with Crippen LogP contribution in [-0.2, 0) is 9.59 Å². The van der Waals surface area contributed by atoms with Gasteiger partial charge in [-0.25, -0.2) is 0 Å². The Hall–Kier alpha value is -2.28. The zero-order valence-corrected chi connectivity index (χ0v) is 18.7. The normalized spacial score (nSPS) is 22.7. The lowest BCUT2D eigenvalue weighted by Crippen LogP contribution is -2.21. The van der Waals surface area contributed by atoms with Crippen molar-refractivity contribution in [2.45, 2.75) is 51.2 Å². The lowest BCUT2D eigenvalue weighted by atomic mass is 9.90. The molecule has 1 aliphatic rings. The van der Waals surface area contributed by atoms with Gasteiger partial charge in [0.2, 0.25) is 5.91 Å². The van der Waals surface area contributed by atoms with Gasteiger partial charge in [-0.3, -0.25) is 9.59 Å². The van der Waals surface area contributed by atoms with Gasteiger partial charge >= 0.3 is 0 Å². The summed E-state index contributed by atoms with van der Waals surface area (Å²) in [7, 11) is 0. The second-order valence-electron chi connectivity index (χ2n) is 7.99. The molecular weight excluding hydrogens is 410 g/mol. The predicted octanol–water partition coefficient (Wildman–Crippen LogP) is 4.31. The number of unbranched alkanes of at least 4 members (excludes halogenated alkanes) is 1. The van der Waals surface area contributed by atoms with E-state index < -0.39 is 12.2 Å². The molecule has 1 aliphatic carbocycles. The van der Waals surface area contributed by atoms with E-state index in [1.165, 1.54) is 0 Å². The van der Waals surface area contributed by atoms with E-state index in [-0.39, 0.29) is 29.9 Å². The maximum Gasteiger partial charge on any atom is 0.219 e. The molecular formula is C25H31NO4S. The zero-order valence-electron chi connectivity index (χ0n) is 17.9. The molecule has 6 heteroatoms. The SMILES string of the molecule is CCNC(=O)CCC/C=C\C[C@H]1C(=O)C[C@@H](O)[C@@H]1/C=C/[C@@H](O)c1cc2ccccc2s1. The van der Waals surface area contributed by atoms with E-state index in [2.05, 4.69) is 5.32 Å². The highest BCUT2D eigenvalue weighted by Crippen LogP contribution is 2.35. The molecule has 1 amide bonds. The molecule has 1 saturated carbocycles. The van der Waals surface area contributed by atoms with Crippen LogP contribution in [0.2, 0.25) is 0 Å². The third kappa shape index (κ3) is 6.35. The molecule has 166 valence electrons. The topological polar surface area (TPSA) is 86.6 Å². The smallest absolute Gasteiger partial charge is 0.219 e. The second kappa shape index (κ2) is 11.4. The molecule has 0 saturated heterocycles. The summed E-state index contributed by atoms with van der Waals surface area (Å²) in [6.07, 6.45) is 8.78. The number of hydrogen-bond acceptors (Lipinski definition) is 5. The van der Waals surface area contributed by atoms with E-state index in [9.17, 15) is 19.8 Å². The molecule has 1 fully saturated rings. The Morgan fingerprint density at radius 1 is 1.32 bits per heavy atom. The molecule has 2 aromatic rings. The van der Waals surface area contributed by atoms with Crippen molar-refractivity contribution < 1.29 is 19.8 Å². The highest BCUT2D eigenvalue weighted by molar-refractivity contribution is 7.19. The van der Waals surface area contributed by atoms with Crippen LogP contribution in [0, 0.1) is 11.8 Å². The number of ketones is 1. The van der Waals surface area contributed by atoms with Gasteiger partial charge in [-0.2, -0.15) is 0 Å². The first-order chi connectivity index (χ1) is 15.0. The Kier molecular flexibility index (Phi) is 8.58. The Morgan fingerprint density at radius 2 is 2.13 bits per heavy atom. The molecule has 0 spiro atoms. The van der Waals surface area contributed by atoms with Crippen molar-refractivity contribution in [3.05, 3.63) is 59.5 Å². The third-order valence-corrected chi connectivity index (χ3v) is 6.88. The number of thiophene rings is 1. The molecule has 5 nitrogen and oxygen atoms in total. The maximum absolute atomic E-state index is 12.4. The van der Waals surface area contributed by atoms with E-state index in [4.69, 9.17) is 0 Å². The number of carbonyl (C=O) groups excluding carboxylic acids is 2. The minimum Gasteiger partial charge on any atom is -0.392 e. The van der Waals surface area contributed by atoms with Crippen LogP contribution in [0.3, 0.4) is 0 Å². The number of carbonyl (C=O) groups is 2. The fourth-order valence-electron chi connectivity index (χ4n) is 4.03. The minimum atomic E-state index is -0.759. The lowest BCUT2D eigenvalue weighted by Gasteiger charge is -2.16. The Labute approximate surface area is 187 Å². The summed E-state index contributed by atoms with van der Waals surface area (Å²) in [6.45, 7) is 2.55. The molecule has 4 atom stereocenters. The summed E-state index contributed by atoms with van der Waals surface area (Å²) in [5.41, 5.74) is 0. The Bertz CT molecular complexity index is 915. The van der Waals surface area contributed by atoms with Crippen LogP contribution in [0.4, 0.5) is 0 Å². The van der Waals surface area contributed by atoms with Crippen molar-refractivity contribution in [2.75, 3.05) is 6.54 Å². The molecule has 31 heavy (non-hydrogen) atoms. The van der Waals surface area contributed by atoms with Crippen molar-refractivity contribution in [1.29, 1.82) is 0 Å². The van der Waals surface area contributed by atoms with Gasteiger partial charge in [0.25, 0.3) is 0 Å². The van der Waals surface area contributed by atoms with Crippen LogP contribution in [-0.4, -0.2) is 34.6 Å². The molecule has 1 aromatic heterocycles. The van der Waals surface area contributed by atoms with Crippen molar-refractivity contribution >= 4 is 33.1 Å². The van der Waals surface area contributed by atoms with Gasteiger partial charge in [-0.05, 0) is 43.7 Å². The molecule has 1 aromatic carbocycles. The lowest BCUT2D eigenvalue weighted by molar-refractivity contribution is -0.121. The number of Topliss-reactive ketones (excluding diaryl/α,β-unsaturated/α-hetero) is 1. The van der Waals surface area contributed by atoms with Crippen LogP contribution < -0.4 is 5.32 Å². The number of amides is 1. The molecule has 0 aliphatic heterocycles. The average Bonchev–Trinajstić information content (AvgIpc) is 3.29. The van der Waals surface area contributed by atoms with Gasteiger partial charge < -0.3 is 15.5 Å². The maximum atomic E-state index is 12.4. The number of allylic oxidation sites excluding steroid dienone is 2. The fourth-order valence-corrected chi connectivity index (χ4v) is 5.06. The summed E-state index contributed by atoms with van der Waals surface area (Å²) in [5.74, 6) is -0.449. The van der Waals surface area contributed by atoms with Crippen molar-refractivity contribution in [1.82, 2.24) is 5.32 Å². The largest absolute Gasteiger partial charge is 0.392 e. The number of benzene rings is 1. The molecule has 0 unspecified atom stereocenters. The molecule has 3 N–H and O–H groups in total. The highest BCUT2D eigenvalue weighted by atomic mass is 32.1. The monoisotopic (exact) mass is 441 g/mol. The van der Waals surface area contributed by atoms with E-state index in [1.807, 2.05) is 49.4 Å². The highest BCUT2D eigenvalue weighted by Gasteiger charge is 2.39.